The maximum absolute atomic E-state index is 13.3. The Morgan fingerprint density at radius 2 is 2.03 bits per heavy atom. The van der Waals surface area contributed by atoms with E-state index in [4.69, 9.17) is 9.15 Å². The number of rotatable bonds is 4. The lowest BCUT2D eigenvalue weighted by molar-refractivity contribution is 0.0640. The monoisotopic (exact) mass is 433 g/mol. The number of hydrogen-bond donors (Lipinski definition) is 2. The highest BCUT2D eigenvalue weighted by molar-refractivity contribution is 5.96. The van der Waals surface area contributed by atoms with Gasteiger partial charge in [-0.1, -0.05) is 30.3 Å². The highest BCUT2D eigenvalue weighted by Crippen LogP contribution is 2.33. The van der Waals surface area contributed by atoms with Crippen LogP contribution in [0, 0.1) is 5.92 Å². The van der Waals surface area contributed by atoms with Gasteiger partial charge < -0.3 is 14.1 Å². The lowest BCUT2D eigenvalue weighted by Crippen LogP contribution is -2.48. The van der Waals surface area contributed by atoms with Crippen molar-refractivity contribution in [3.8, 4) is 5.75 Å². The largest absolute Gasteiger partial charge is 0.497 e. The van der Waals surface area contributed by atoms with Crippen LogP contribution in [0.5, 0.6) is 5.75 Å². The number of amides is 1. The molecule has 0 bridgehead atoms. The van der Waals surface area contributed by atoms with Crippen molar-refractivity contribution in [2.24, 2.45) is 5.92 Å². The third-order valence-electron chi connectivity index (χ3n) is 6.67. The van der Waals surface area contributed by atoms with Gasteiger partial charge in [0, 0.05) is 37.0 Å². The molecule has 2 fully saturated rings. The zero-order valence-electron chi connectivity index (χ0n) is 18.0. The summed E-state index contributed by atoms with van der Waals surface area (Å²) >= 11 is 0. The second-order valence-corrected chi connectivity index (χ2v) is 8.57. The summed E-state index contributed by atoms with van der Waals surface area (Å²) < 4.78 is 10.8. The normalized spacial score (nSPS) is 23.4. The molecule has 1 amide bonds. The van der Waals surface area contributed by atoms with Crippen molar-refractivity contribution in [3.05, 3.63) is 76.1 Å². The smallest absolute Gasteiger partial charge is 0.349 e. The number of ether oxygens (including phenoxy) is 1. The summed E-state index contributed by atoms with van der Waals surface area (Å²) in [6.07, 6.45) is 1.92. The Bertz CT molecular complexity index is 1190. The Balaban J connectivity index is 1.36. The predicted molar refractivity (Wildman–Crippen MR) is 122 cm³/mol. The molecule has 2 aliphatic rings. The average molecular weight is 434 g/mol. The van der Waals surface area contributed by atoms with E-state index in [-0.39, 0.29) is 29.3 Å². The minimum Gasteiger partial charge on any atom is -0.497 e. The van der Waals surface area contributed by atoms with Crippen molar-refractivity contribution in [2.45, 2.75) is 24.8 Å². The third kappa shape index (κ3) is 3.89. The molecule has 0 spiro atoms. The molecule has 2 saturated heterocycles. The van der Waals surface area contributed by atoms with Crippen LogP contribution in [0.25, 0.3) is 11.0 Å². The van der Waals surface area contributed by atoms with Crippen molar-refractivity contribution in [2.75, 3.05) is 26.7 Å². The zero-order valence-corrected chi connectivity index (χ0v) is 18.0. The van der Waals surface area contributed by atoms with Gasteiger partial charge in [0.2, 0.25) is 0 Å². The van der Waals surface area contributed by atoms with Gasteiger partial charge in [-0.25, -0.2) is 4.79 Å². The van der Waals surface area contributed by atoms with Crippen molar-refractivity contribution in [1.29, 1.82) is 0 Å². The van der Waals surface area contributed by atoms with Crippen LogP contribution >= 0.6 is 0 Å². The van der Waals surface area contributed by atoms with Crippen LogP contribution < -0.4 is 21.2 Å². The first-order valence-corrected chi connectivity index (χ1v) is 11.1. The van der Waals surface area contributed by atoms with Gasteiger partial charge >= 0.3 is 5.63 Å². The van der Waals surface area contributed by atoms with E-state index in [1.54, 1.807) is 24.1 Å². The second kappa shape index (κ2) is 8.76. The van der Waals surface area contributed by atoms with Crippen LogP contribution in [-0.4, -0.2) is 43.6 Å². The molecule has 3 atom stereocenters. The first-order valence-electron chi connectivity index (χ1n) is 11.1. The van der Waals surface area contributed by atoms with Crippen LogP contribution in [-0.2, 0) is 0 Å². The second-order valence-electron chi connectivity index (χ2n) is 8.57. The molecule has 166 valence electrons. The van der Waals surface area contributed by atoms with Gasteiger partial charge in [-0.2, -0.15) is 0 Å². The van der Waals surface area contributed by atoms with Crippen LogP contribution in [0.4, 0.5) is 0 Å². The lowest BCUT2D eigenvalue weighted by atomic mass is 9.81. The summed E-state index contributed by atoms with van der Waals surface area (Å²) in [5.41, 5.74) is 7.97. The SMILES string of the molecule is COc1cccc(C2CNNC2C2CCCN(C(=O)c3cc4ccccc4oc3=O)C2)c1. The van der Waals surface area contributed by atoms with Crippen LogP contribution in [0.15, 0.2) is 63.8 Å². The van der Waals surface area contributed by atoms with Crippen molar-refractivity contribution in [3.63, 3.8) is 0 Å². The first kappa shape index (κ1) is 20.7. The number of hydrazine groups is 1. The Kier molecular flexibility index (Phi) is 5.68. The number of likely N-dealkylation sites (tertiary alicyclic amines) is 1. The number of hydrogen-bond acceptors (Lipinski definition) is 6. The summed E-state index contributed by atoms with van der Waals surface area (Å²) in [5, 5.41) is 0.753. The number of nitrogens with one attached hydrogen (secondary N) is 2. The zero-order chi connectivity index (χ0) is 22.1. The fraction of sp³-hybridized carbons (Fsp3) is 0.360. The van der Waals surface area contributed by atoms with Gasteiger partial charge in [-0.3, -0.25) is 15.6 Å². The summed E-state index contributed by atoms with van der Waals surface area (Å²) in [4.78, 5) is 27.6. The van der Waals surface area contributed by atoms with Crippen LogP contribution in [0.1, 0.15) is 34.7 Å². The molecule has 32 heavy (non-hydrogen) atoms. The number of carbonyl (C=O) groups excluding carboxylic acids is 1. The molecular weight excluding hydrogens is 406 g/mol. The molecular formula is C25H27N3O4. The fourth-order valence-electron chi connectivity index (χ4n) is 5.03. The maximum Gasteiger partial charge on any atom is 0.349 e. The summed E-state index contributed by atoms with van der Waals surface area (Å²) in [7, 11) is 1.68. The minimum atomic E-state index is -0.578. The molecule has 0 aliphatic carbocycles. The van der Waals surface area contributed by atoms with Crippen molar-refractivity contribution >= 4 is 16.9 Å². The molecule has 0 saturated carbocycles. The number of methoxy groups -OCH3 is 1. The quantitative estimate of drug-likeness (QED) is 0.616. The van der Waals surface area contributed by atoms with Crippen molar-refractivity contribution < 1.29 is 13.9 Å². The number of para-hydroxylation sites is 1. The predicted octanol–water partition coefficient (Wildman–Crippen LogP) is 2.91. The molecule has 7 nitrogen and oxygen atoms in total. The Labute approximate surface area is 186 Å². The molecule has 3 unspecified atom stereocenters. The van der Waals surface area contributed by atoms with Gasteiger partial charge in [0.15, 0.2) is 0 Å². The molecule has 2 N–H and O–H groups in total. The van der Waals surface area contributed by atoms with Gasteiger partial charge in [0.1, 0.15) is 16.9 Å². The maximum atomic E-state index is 13.3. The molecule has 3 aromatic rings. The molecule has 0 radical (unpaired) electrons. The molecule has 3 heterocycles. The van der Waals surface area contributed by atoms with Gasteiger partial charge in [0.05, 0.1) is 7.11 Å². The minimum absolute atomic E-state index is 0.103. The highest BCUT2D eigenvalue weighted by atomic mass is 16.5. The number of fused-ring (bicyclic) bond motifs is 1. The molecule has 2 aliphatic heterocycles. The molecule has 2 aromatic carbocycles. The van der Waals surface area contributed by atoms with E-state index in [0.717, 1.165) is 30.5 Å². The van der Waals surface area contributed by atoms with Crippen LogP contribution in [0.2, 0.25) is 0 Å². The lowest BCUT2D eigenvalue weighted by Gasteiger charge is -2.37. The summed E-state index contributed by atoms with van der Waals surface area (Å²) in [6, 6.07) is 17.3. The molecule has 1 aromatic heterocycles. The standard InChI is InChI=1S/C25H27N3O4/c1-31-19-9-4-7-16(12-19)21-14-26-27-23(21)18-8-5-11-28(15-18)24(29)20-13-17-6-2-3-10-22(17)32-25(20)30/h2-4,6-7,9-10,12-13,18,21,23,26-27H,5,8,11,14-15H2,1H3. The highest BCUT2D eigenvalue weighted by Gasteiger charge is 2.38. The number of carbonyl (C=O) groups is 1. The van der Waals surface area contributed by atoms with E-state index in [1.807, 2.05) is 30.3 Å². The van der Waals surface area contributed by atoms with E-state index in [1.165, 1.54) is 5.56 Å². The average Bonchev–Trinajstić information content (AvgIpc) is 3.33. The van der Waals surface area contributed by atoms with E-state index < -0.39 is 5.63 Å². The number of nitrogens with zero attached hydrogens (tertiary/aromatic N) is 1. The Morgan fingerprint density at radius 3 is 2.91 bits per heavy atom. The first-order chi connectivity index (χ1) is 15.6. The number of piperidine rings is 1. The third-order valence-corrected chi connectivity index (χ3v) is 6.67. The van der Waals surface area contributed by atoms with E-state index >= 15 is 0 Å². The van der Waals surface area contributed by atoms with Gasteiger partial charge in [-0.05, 0) is 48.6 Å². The van der Waals surface area contributed by atoms with E-state index in [2.05, 4.69) is 23.0 Å². The van der Waals surface area contributed by atoms with E-state index in [9.17, 15) is 9.59 Å². The topological polar surface area (TPSA) is 83.8 Å². The Morgan fingerprint density at radius 1 is 1.16 bits per heavy atom. The molecule has 7 heteroatoms. The van der Waals surface area contributed by atoms with E-state index in [0.29, 0.717) is 18.7 Å². The van der Waals surface area contributed by atoms with Gasteiger partial charge in [0.25, 0.3) is 5.91 Å². The van der Waals surface area contributed by atoms with Crippen molar-refractivity contribution in [1.82, 2.24) is 15.8 Å². The summed E-state index contributed by atoms with van der Waals surface area (Å²) in [6.45, 7) is 2.06. The Hall–Kier alpha value is -3.16. The number of benzene rings is 2. The van der Waals surface area contributed by atoms with Crippen LogP contribution in [0.3, 0.4) is 0 Å². The molecule has 5 rings (SSSR count). The van der Waals surface area contributed by atoms with Gasteiger partial charge in [-0.15, -0.1) is 0 Å². The summed E-state index contributed by atoms with van der Waals surface area (Å²) in [5.74, 6) is 1.14. The fourth-order valence-corrected chi connectivity index (χ4v) is 5.03.